The lowest BCUT2D eigenvalue weighted by atomic mass is 9.77. The second-order valence-corrected chi connectivity index (χ2v) is 10.3. The van der Waals surface area contributed by atoms with Crippen LogP contribution in [0.2, 0.25) is 0 Å². The van der Waals surface area contributed by atoms with Crippen molar-refractivity contribution in [2.75, 3.05) is 19.0 Å². The third-order valence-corrected chi connectivity index (χ3v) is 7.69. The Kier molecular flexibility index (Phi) is 7.90. The van der Waals surface area contributed by atoms with Gasteiger partial charge in [0.05, 0.1) is 23.9 Å². The number of nitrogens with zero attached hydrogens (tertiary/aromatic N) is 2. The molecule has 1 aliphatic carbocycles. The lowest BCUT2D eigenvalue weighted by Crippen LogP contribution is -2.54. The Labute approximate surface area is 231 Å². The van der Waals surface area contributed by atoms with Crippen LogP contribution in [0.3, 0.4) is 0 Å². The van der Waals surface area contributed by atoms with Crippen molar-refractivity contribution in [2.24, 2.45) is 5.92 Å². The molecule has 5 rings (SSSR count). The summed E-state index contributed by atoms with van der Waals surface area (Å²) < 4.78 is 5.24. The van der Waals surface area contributed by atoms with Gasteiger partial charge in [-0.15, -0.1) is 0 Å². The zero-order valence-corrected chi connectivity index (χ0v) is 22.2. The molecule has 2 aliphatic heterocycles. The highest BCUT2D eigenvalue weighted by Gasteiger charge is 2.44. The molecule has 40 heavy (non-hydrogen) atoms. The lowest BCUT2D eigenvalue weighted by molar-refractivity contribution is -0.136. The summed E-state index contributed by atoms with van der Waals surface area (Å²) in [6.07, 6.45) is 9.15. The van der Waals surface area contributed by atoms with Crippen LogP contribution in [0.25, 0.3) is 5.57 Å². The van der Waals surface area contributed by atoms with Gasteiger partial charge in [-0.3, -0.25) is 34.4 Å². The Morgan fingerprint density at radius 2 is 1.95 bits per heavy atom. The molecule has 0 bridgehead atoms. The number of imide groups is 2. The molecule has 11 heteroatoms. The Balaban J connectivity index is 1.06. The number of rotatable bonds is 11. The second kappa shape index (κ2) is 11.7. The molecule has 0 radical (unpaired) electrons. The van der Waals surface area contributed by atoms with Crippen molar-refractivity contribution < 1.29 is 23.9 Å². The van der Waals surface area contributed by atoms with E-state index in [1.54, 1.807) is 43.6 Å². The van der Waals surface area contributed by atoms with Gasteiger partial charge in [0.15, 0.2) is 0 Å². The summed E-state index contributed by atoms with van der Waals surface area (Å²) in [4.78, 5) is 54.8. The van der Waals surface area contributed by atoms with Crippen LogP contribution in [0, 0.1) is 11.3 Å². The number of hydrogen-bond donors (Lipinski definition) is 4. The molecule has 1 unspecified atom stereocenters. The van der Waals surface area contributed by atoms with Gasteiger partial charge in [-0.1, -0.05) is 0 Å². The van der Waals surface area contributed by atoms with Crippen LogP contribution in [-0.2, 0) is 9.59 Å². The molecule has 4 amide bonds. The first-order valence-corrected chi connectivity index (χ1v) is 13.4. The van der Waals surface area contributed by atoms with Gasteiger partial charge in [0.2, 0.25) is 11.8 Å². The number of anilines is 1. The monoisotopic (exact) mass is 544 g/mol. The number of allylic oxidation sites excluding steroid dienone is 1. The number of methoxy groups -OCH3 is 1. The molecule has 11 nitrogen and oxygen atoms in total. The summed E-state index contributed by atoms with van der Waals surface area (Å²) in [5, 5.41) is 16.7. The number of aromatic nitrogens is 1. The molecule has 1 saturated heterocycles. The molecule has 1 saturated carbocycles. The fourth-order valence-corrected chi connectivity index (χ4v) is 5.41. The molecule has 208 valence electrons. The molecule has 2 aromatic rings. The molecule has 1 atom stereocenters. The average molecular weight is 545 g/mol. The molecule has 1 aromatic carbocycles. The highest BCUT2D eigenvalue weighted by Crippen LogP contribution is 2.32. The first-order chi connectivity index (χ1) is 19.4. The van der Waals surface area contributed by atoms with Crippen molar-refractivity contribution in [1.29, 1.82) is 5.41 Å². The summed E-state index contributed by atoms with van der Waals surface area (Å²) in [5.41, 5.74) is 2.67. The van der Waals surface area contributed by atoms with E-state index in [9.17, 15) is 19.2 Å². The number of ether oxygens (including phenoxy) is 1. The Morgan fingerprint density at radius 1 is 1.15 bits per heavy atom. The number of pyridine rings is 1. The summed E-state index contributed by atoms with van der Waals surface area (Å²) in [5.74, 6) is -0.701. The fourth-order valence-electron chi connectivity index (χ4n) is 5.41. The van der Waals surface area contributed by atoms with E-state index in [1.165, 1.54) is 6.21 Å². The van der Waals surface area contributed by atoms with E-state index in [4.69, 9.17) is 10.1 Å². The summed E-state index contributed by atoms with van der Waals surface area (Å²) in [7, 11) is 1.60. The van der Waals surface area contributed by atoms with E-state index in [-0.39, 0.29) is 24.0 Å². The number of hydrogen-bond acceptors (Lipinski definition) is 9. The quantitative estimate of drug-likeness (QED) is 0.191. The second-order valence-electron chi connectivity index (χ2n) is 10.3. The van der Waals surface area contributed by atoms with Gasteiger partial charge in [-0.2, -0.15) is 0 Å². The topological polar surface area (TPSA) is 154 Å². The van der Waals surface area contributed by atoms with Crippen LogP contribution >= 0.6 is 0 Å². The Hall–Kier alpha value is -4.54. The standard InChI is InChI=1S/C29H32N6O5/c1-40-21-8-10-32-24(14-21)18(15-30)16-33-20-11-17(12-20)3-2-9-31-19-4-5-22-23(13-19)29(39)35(28(22)38)25-6-7-26(36)34-27(25)37/h4-5,8,10,13-17,20,25,30-31,33H,2-3,6-7,9,11-12H2,1H3,(H,34,36,37)/b18-16+,30-15?. The first kappa shape index (κ1) is 27.0. The maximum atomic E-state index is 13.0. The van der Waals surface area contributed by atoms with Crippen LogP contribution in [-0.4, -0.2) is 65.5 Å². The van der Waals surface area contributed by atoms with Gasteiger partial charge < -0.3 is 20.8 Å². The highest BCUT2D eigenvalue weighted by molar-refractivity contribution is 6.23. The third-order valence-electron chi connectivity index (χ3n) is 7.69. The van der Waals surface area contributed by atoms with Crippen molar-refractivity contribution in [3.05, 3.63) is 59.5 Å². The van der Waals surface area contributed by atoms with Crippen LogP contribution < -0.4 is 20.7 Å². The van der Waals surface area contributed by atoms with E-state index >= 15 is 0 Å². The van der Waals surface area contributed by atoms with E-state index in [0.717, 1.165) is 42.8 Å². The molecule has 2 fully saturated rings. The first-order valence-electron chi connectivity index (χ1n) is 13.4. The normalized spacial score (nSPS) is 22.4. The van der Waals surface area contributed by atoms with Crippen LogP contribution in [0.1, 0.15) is 64.9 Å². The van der Waals surface area contributed by atoms with Gasteiger partial charge in [0.25, 0.3) is 11.8 Å². The maximum absolute atomic E-state index is 13.0. The number of carbonyl (C=O) groups excluding carboxylic acids is 4. The van der Waals surface area contributed by atoms with E-state index < -0.39 is 29.7 Å². The summed E-state index contributed by atoms with van der Waals surface area (Å²) in [6.45, 7) is 0.728. The molecule has 1 aromatic heterocycles. The van der Waals surface area contributed by atoms with Gasteiger partial charge in [0.1, 0.15) is 11.8 Å². The van der Waals surface area contributed by atoms with Crippen molar-refractivity contribution in [3.63, 3.8) is 0 Å². The van der Waals surface area contributed by atoms with Gasteiger partial charge >= 0.3 is 0 Å². The predicted octanol–water partition coefficient (Wildman–Crippen LogP) is 2.74. The molecule has 4 N–H and O–H groups in total. The van der Waals surface area contributed by atoms with Crippen molar-refractivity contribution in [1.82, 2.24) is 20.5 Å². The van der Waals surface area contributed by atoms with Gasteiger partial charge in [-0.05, 0) is 62.3 Å². The number of piperidine rings is 1. The number of amides is 4. The highest BCUT2D eigenvalue weighted by atomic mass is 16.5. The molecular weight excluding hydrogens is 512 g/mol. The summed E-state index contributed by atoms with van der Waals surface area (Å²) in [6, 6.07) is 8.02. The van der Waals surface area contributed by atoms with E-state index in [2.05, 4.69) is 20.9 Å². The number of nitrogens with one attached hydrogen (secondary N) is 4. The minimum atomic E-state index is -0.965. The average Bonchev–Trinajstić information content (AvgIpc) is 3.18. The van der Waals surface area contributed by atoms with Crippen LogP contribution in [0.4, 0.5) is 5.69 Å². The lowest BCUT2D eigenvalue weighted by Gasteiger charge is -2.36. The van der Waals surface area contributed by atoms with Crippen LogP contribution in [0.5, 0.6) is 5.75 Å². The van der Waals surface area contributed by atoms with E-state index in [1.807, 2.05) is 6.20 Å². The maximum Gasteiger partial charge on any atom is 0.262 e. The molecule has 3 aliphatic rings. The zero-order valence-electron chi connectivity index (χ0n) is 22.2. The fraction of sp³-hybridized carbons (Fsp3) is 0.379. The van der Waals surface area contributed by atoms with Crippen LogP contribution in [0.15, 0.2) is 42.7 Å². The minimum absolute atomic E-state index is 0.0940. The smallest absolute Gasteiger partial charge is 0.262 e. The number of carbonyl (C=O) groups is 4. The third kappa shape index (κ3) is 5.58. The molecule has 0 spiro atoms. The predicted molar refractivity (Wildman–Crippen MR) is 148 cm³/mol. The largest absolute Gasteiger partial charge is 0.497 e. The summed E-state index contributed by atoms with van der Waals surface area (Å²) >= 11 is 0. The Morgan fingerprint density at radius 3 is 2.70 bits per heavy atom. The SMILES string of the molecule is COc1ccnc(/C(C=N)=C/NC2CC(CCCNc3ccc4c(c3)C(=O)N(C3CCC(=O)NC3=O)C4=O)C2)c1. The molecular formula is C29H32N6O5. The van der Waals surface area contributed by atoms with Crippen molar-refractivity contribution in [3.8, 4) is 5.75 Å². The zero-order chi connectivity index (χ0) is 28.2. The van der Waals surface area contributed by atoms with Gasteiger partial charge in [-0.25, -0.2) is 0 Å². The number of benzene rings is 1. The van der Waals surface area contributed by atoms with Gasteiger partial charge in [0, 0.05) is 54.9 Å². The molecule has 3 heterocycles. The number of fused-ring (bicyclic) bond motifs is 1. The van der Waals surface area contributed by atoms with E-state index in [0.29, 0.717) is 29.0 Å². The minimum Gasteiger partial charge on any atom is -0.497 e. The van der Waals surface area contributed by atoms with Crippen molar-refractivity contribution in [2.45, 2.75) is 50.6 Å². The Bertz CT molecular complexity index is 1380. The van der Waals surface area contributed by atoms with Crippen molar-refractivity contribution >= 4 is 41.1 Å².